The lowest BCUT2D eigenvalue weighted by molar-refractivity contribution is -0.384. The molecule has 0 radical (unpaired) electrons. The third-order valence-corrected chi connectivity index (χ3v) is 2.47. The van der Waals surface area contributed by atoms with Crippen molar-refractivity contribution in [2.45, 2.75) is 13.3 Å². The summed E-state index contributed by atoms with van der Waals surface area (Å²) < 4.78 is 5.46. The molecule has 0 atom stereocenters. The number of nitro benzene ring substituents is 1. The lowest BCUT2D eigenvalue weighted by Gasteiger charge is -2.07. The minimum absolute atomic E-state index is 0.0975. The predicted octanol–water partition coefficient (Wildman–Crippen LogP) is 3.07. The molecule has 0 saturated heterocycles. The minimum atomic E-state index is -0.407. The number of nitrogens with zero attached hydrogens (tertiary/aromatic N) is 1. The maximum atomic E-state index is 10.5. The second-order valence-electron chi connectivity index (χ2n) is 3.10. The zero-order valence-electron chi connectivity index (χ0n) is 8.40. The number of hydrogen-bond acceptors (Lipinski definition) is 3. The molecule has 0 bridgehead atoms. The van der Waals surface area contributed by atoms with Gasteiger partial charge in [-0.1, -0.05) is 15.9 Å². The van der Waals surface area contributed by atoms with Gasteiger partial charge in [0.2, 0.25) is 0 Å². The fourth-order valence-corrected chi connectivity index (χ4v) is 1.37. The Morgan fingerprint density at radius 2 is 2.27 bits per heavy atom. The van der Waals surface area contributed by atoms with Crippen LogP contribution in [0.3, 0.4) is 0 Å². The summed E-state index contributed by atoms with van der Waals surface area (Å²) in [6, 6.07) is 4.61. The second kappa shape index (κ2) is 5.70. The highest BCUT2D eigenvalue weighted by atomic mass is 79.9. The van der Waals surface area contributed by atoms with Crippen molar-refractivity contribution < 1.29 is 9.66 Å². The van der Waals surface area contributed by atoms with Crippen molar-refractivity contribution in [2.75, 3.05) is 11.9 Å². The van der Waals surface area contributed by atoms with Crippen molar-refractivity contribution in [1.29, 1.82) is 0 Å². The van der Waals surface area contributed by atoms with Gasteiger partial charge in [-0.25, -0.2) is 0 Å². The van der Waals surface area contributed by atoms with Crippen LogP contribution in [-0.2, 0) is 0 Å². The summed E-state index contributed by atoms with van der Waals surface area (Å²) in [4.78, 5) is 10.1. The van der Waals surface area contributed by atoms with Gasteiger partial charge in [0.05, 0.1) is 11.5 Å². The average Bonchev–Trinajstić information content (AvgIpc) is 2.20. The number of rotatable bonds is 5. The molecule has 0 amide bonds. The highest BCUT2D eigenvalue weighted by Gasteiger charge is 2.08. The van der Waals surface area contributed by atoms with Crippen LogP contribution in [0.4, 0.5) is 5.69 Å². The summed E-state index contributed by atoms with van der Waals surface area (Å²) >= 11 is 3.30. The van der Waals surface area contributed by atoms with Crippen LogP contribution in [0.2, 0.25) is 0 Å². The van der Waals surface area contributed by atoms with Gasteiger partial charge in [0.25, 0.3) is 5.69 Å². The Morgan fingerprint density at radius 1 is 1.53 bits per heavy atom. The van der Waals surface area contributed by atoms with Crippen molar-refractivity contribution >= 4 is 21.6 Å². The summed E-state index contributed by atoms with van der Waals surface area (Å²) in [5.74, 6) is 0.710. The van der Waals surface area contributed by atoms with Crippen LogP contribution in [0, 0.1) is 17.0 Å². The van der Waals surface area contributed by atoms with Crippen molar-refractivity contribution in [3.05, 3.63) is 33.9 Å². The summed E-state index contributed by atoms with van der Waals surface area (Å²) in [7, 11) is 0. The fourth-order valence-electron chi connectivity index (χ4n) is 1.15. The zero-order valence-corrected chi connectivity index (χ0v) is 9.99. The molecular formula is C10H12BrNO3. The minimum Gasteiger partial charge on any atom is -0.493 e. The average molecular weight is 274 g/mol. The third kappa shape index (κ3) is 3.51. The van der Waals surface area contributed by atoms with Gasteiger partial charge >= 0.3 is 0 Å². The summed E-state index contributed by atoms with van der Waals surface area (Å²) in [6.45, 7) is 2.42. The summed E-state index contributed by atoms with van der Waals surface area (Å²) in [5, 5.41) is 11.4. The molecule has 0 aliphatic carbocycles. The van der Waals surface area contributed by atoms with Gasteiger partial charge < -0.3 is 4.74 Å². The van der Waals surface area contributed by atoms with Gasteiger partial charge in [0.15, 0.2) is 0 Å². The van der Waals surface area contributed by atoms with Gasteiger partial charge in [0, 0.05) is 17.5 Å². The van der Waals surface area contributed by atoms with Crippen LogP contribution in [0.15, 0.2) is 18.2 Å². The van der Waals surface area contributed by atoms with E-state index < -0.39 is 4.92 Å². The highest BCUT2D eigenvalue weighted by molar-refractivity contribution is 9.09. The Kier molecular flexibility index (Phi) is 4.55. The van der Waals surface area contributed by atoms with E-state index in [0.29, 0.717) is 12.4 Å². The SMILES string of the molecule is Cc1cc([N+](=O)[O-])ccc1OCCCBr. The van der Waals surface area contributed by atoms with E-state index in [1.807, 2.05) is 0 Å². The maximum Gasteiger partial charge on any atom is 0.269 e. The highest BCUT2D eigenvalue weighted by Crippen LogP contribution is 2.23. The number of aryl methyl sites for hydroxylation is 1. The molecule has 0 heterocycles. The van der Waals surface area contributed by atoms with Crippen LogP contribution in [0.1, 0.15) is 12.0 Å². The Morgan fingerprint density at radius 3 is 2.80 bits per heavy atom. The topological polar surface area (TPSA) is 52.4 Å². The molecule has 4 nitrogen and oxygen atoms in total. The van der Waals surface area contributed by atoms with Gasteiger partial charge in [-0.05, 0) is 25.0 Å². The maximum absolute atomic E-state index is 10.5. The lowest BCUT2D eigenvalue weighted by Crippen LogP contribution is -1.99. The van der Waals surface area contributed by atoms with Gasteiger partial charge in [-0.15, -0.1) is 0 Å². The number of benzene rings is 1. The Bertz CT molecular complexity index is 355. The Balaban J connectivity index is 2.70. The molecule has 0 aromatic heterocycles. The molecule has 1 aromatic rings. The van der Waals surface area contributed by atoms with E-state index in [0.717, 1.165) is 17.3 Å². The fraction of sp³-hybridized carbons (Fsp3) is 0.400. The largest absolute Gasteiger partial charge is 0.493 e. The second-order valence-corrected chi connectivity index (χ2v) is 3.89. The van der Waals surface area contributed by atoms with E-state index in [4.69, 9.17) is 4.74 Å². The first-order chi connectivity index (χ1) is 7.15. The van der Waals surface area contributed by atoms with E-state index in [-0.39, 0.29) is 5.69 Å². The normalized spacial score (nSPS) is 10.0. The molecule has 1 aromatic carbocycles. The molecule has 0 N–H and O–H groups in total. The zero-order chi connectivity index (χ0) is 11.3. The number of hydrogen-bond donors (Lipinski definition) is 0. The molecule has 0 aliphatic heterocycles. The van der Waals surface area contributed by atoms with Crippen LogP contribution in [-0.4, -0.2) is 16.9 Å². The van der Waals surface area contributed by atoms with E-state index >= 15 is 0 Å². The number of non-ortho nitro benzene ring substituents is 1. The molecular weight excluding hydrogens is 262 g/mol. The van der Waals surface area contributed by atoms with Crippen molar-refractivity contribution in [3.8, 4) is 5.75 Å². The first kappa shape index (κ1) is 12.0. The van der Waals surface area contributed by atoms with Crippen molar-refractivity contribution in [3.63, 3.8) is 0 Å². The standard InChI is InChI=1S/C10H12BrNO3/c1-8-7-9(12(13)14)3-4-10(8)15-6-2-5-11/h3-4,7H,2,5-6H2,1H3. The number of nitro groups is 1. The van der Waals surface area contributed by atoms with Crippen LogP contribution in [0.5, 0.6) is 5.75 Å². The molecule has 1 rings (SSSR count). The van der Waals surface area contributed by atoms with Crippen molar-refractivity contribution in [1.82, 2.24) is 0 Å². The van der Waals surface area contributed by atoms with Gasteiger partial charge in [-0.2, -0.15) is 0 Å². The molecule has 0 unspecified atom stereocenters. The molecule has 0 fully saturated rings. The Hall–Kier alpha value is -1.10. The van der Waals surface area contributed by atoms with E-state index in [2.05, 4.69) is 15.9 Å². The van der Waals surface area contributed by atoms with E-state index in [1.165, 1.54) is 12.1 Å². The van der Waals surface area contributed by atoms with Crippen LogP contribution >= 0.6 is 15.9 Å². The van der Waals surface area contributed by atoms with Crippen LogP contribution in [0.25, 0.3) is 0 Å². The summed E-state index contributed by atoms with van der Waals surface area (Å²) in [5.41, 5.74) is 0.888. The molecule has 5 heteroatoms. The first-order valence-electron chi connectivity index (χ1n) is 4.59. The smallest absolute Gasteiger partial charge is 0.269 e. The van der Waals surface area contributed by atoms with Crippen molar-refractivity contribution in [2.24, 2.45) is 0 Å². The van der Waals surface area contributed by atoms with Crippen LogP contribution < -0.4 is 4.74 Å². The lowest BCUT2D eigenvalue weighted by atomic mass is 10.2. The molecule has 0 aliphatic rings. The summed E-state index contributed by atoms with van der Waals surface area (Å²) in [6.07, 6.45) is 0.913. The first-order valence-corrected chi connectivity index (χ1v) is 5.71. The predicted molar refractivity (Wildman–Crippen MR) is 61.7 cm³/mol. The number of alkyl halides is 1. The van der Waals surface area contributed by atoms with E-state index in [1.54, 1.807) is 13.0 Å². The monoisotopic (exact) mass is 273 g/mol. The molecule has 0 spiro atoms. The number of halogens is 1. The molecule has 0 saturated carbocycles. The van der Waals surface area contributed by atoms with E-state index in [9.17, 15) is 10.1 Å². The Labute approximate surface area is 96.5 Å². The van der Waals surface area contributed by atoms with Gasteiger partial charge in [0.1, 0.15) is 5.75 Å². The van der Waals surface area contributed by atoms with Gasteiger partial charge in [-0.3, -0.25) is 10.1 Å². The quantitative estimate of drug-likeness (QED) is 0.359. The molecule has 15 heavy (non-hydrogen) atoms. The third-order valence-electron chi connectivity index (χ3n) is 1.90. The molecule has 82 valence electrons. The number of ether oxygens (including phenoxy) is 1.